The highest BCUT2D eigenvalue weighted by atomic mass is 16.6. The molecule has 4 aliphatic rings. The number of phenols is 1. The molecule has 3 saturated heterocycles. The van der Waals surface area contributed by atoms with Gasteiger partial charge in [-0.05, 0) is 117 Å². The van der Waals surface area contributed by atoms with Crippen LogP contribution >= 0.6 is 0 Å². The number of fused-ring (bicyclic) bond motifs is 4. The summed E-state index contributed by atoms with van der Waals surface area (Å²) in [6.45, 7) is 5.09. The lowest BCUT2D eigenvalue weighted by atomic mass is 9.81. The number of benzene rings is 3. The van der Waals surface area contributed by atoms with Crippen LogP contribution in [0.2, 0.25) is 0 Å². The van der Waals surface area contributed by atoms with Crippen LogP contribution in [0.1, 0.15) is 73.8 Å². The minimum atomic E-state index is -0.829. The molecule has 1 aromatic heterocycles. The summed E-state index contributed by atoms with van der Waals surface area (Å²) in [6.07, 6.45) is 5.10. The third-order valence-corrected chi connectivity index (χ3v) is 11.9. The summed E-state index contributed by atoms with van der Waals surface area (Å²) >= 11 is 0. The molecule has 0 unspecified atom stereocenters. The highest BCUT2D eigenvalue weighted by Gasteiger charge is 2.37. The van der Waals surface area contributed by atoms with E-state index in [2.05, 4.69) is 20.5 Å². The Morgan fingerprint density at radius 3 is 2.46 bits per heavy atom. The van der Waals surface area contributed by atoms with Crippen molar-refractivity contribution in [3.8, 4) is 11.5 Å². The van der Waals surface area contributed by atoms with E-state index in [0.717, 1.165) is 81.5 Å². The normalized spacial score (nSPS) is 22.9. The summed E-state index contributed by atoms with van der Waals surface area (Å²) in [4.78, 5) is 45.1. The summed E-state index contributed by atoms with van der Waals surface area (Å²) in [5, 5.41) is 27.9. The number of rotatable bonds is 15. The van der Waals surface area contributed by atoms with Gasteiger partial charge in [-0.15, -0.1) is 0 Å². The van der Waals surface area contributed by atoms with Gasteiger partial charge in [-0.2, -0.15) is 0 Å². The number of carbonyl (C=O) groups excluding carboxylic acids is 2. The second-order valence-corrected chi connectivity index (χ2v) is 15.8. The zero-order valence-electron chi connectivity index (χ0n) is 32.2. The number of hydrogen-bond acceptors (Lipinski definition) is 9. The Kier molecular flexibility index (Phi) is 12.9. The molecule has 2 bridgehead atoms. The number of ether oxygens (including phenoxy) is 2. The molecule has 3 atom stereocenters. The predicted molar refractivity (Wildman–Crippen MR) is 215 cm³/mol. The minimum absolute atomic E-state index is 0.00186. The van der Waals surface area contributed by atoms with Crippen LogP contribution in [-0.2, 0) is 9.53 Å². The molecular formula is C44H55N5O7. The molecule has 0 spiro atoms. The minimum Gasteiger partial charge on any atom is -0.506 e. The molecule has 4 aromatic rings. The number of hydrogen-bond donors (Lipinski definition) is 5. The fourth-order valence-corrected chi connectivity index (χ4v) is 8.67. The molecule has 4 heterocycles. The van der Waals surface area contributed by atoms with Gasteiger partial charge < -0.3 is 40.2 Å². The van der Waals surface area contributed by atoms with Gasteiger partial charge in [0, 0.05) is 44.1 Å². The monoisotopic (exact) mass is 765 g/mol. The van der Waals surface area contributed by atoms with Gasteiger partial charge in [-0.1, -0.05) is 48.5 Å². The lowest BCUT2D eigenvalue weighted by Gasteiger charge is -2.43. The Bertz CT molecular complexity index is 1990. The van der Waals surface area contributed by atoms with Crippen LogP contribution in [0.15, 0.2) is 83.7 Å². The Hall–Kier alpha value is -4.91. The van der Waals surface area contributed by atoms with Crippen molar-refractivity contribution in [2.24, 2.45) is 17.8 Å². The van der Waals surface area contributed by atoms with Gasteiger partial charge in [0.1, 0.15) is 17.6 Å². The topological polar surface area (TPSA) is 156 Å². The van der Waals surface area contributed by atoms with Crippen molar-refractivity contribution in [2.75, 3.05) is 52.9 Å². The third kappa shape index (κ3) is 9.72. The van der Waals surface area contributed by atoms with Gasteiger partial charge in [-0.3, -0.25) is 14.5 Å². The second-order valence-electron chi connectivity index (χ2n) is 15.8. The number of piperidine rings is 3. The number of aromatic hydroxyl groups is 1. The van der Waals surface area contributed by atoms with E-state index in [1.165, 1.54) is 12.1 Å². The van der Waals surface area contributed by atoms with Crippen LogP contribution in [0.5, 0.6) is 11.5 Å². The van der Waals surface area contributed by atoms with E-state index in [-0.39, 0.29) is 35.3 Å². The Morgan fingerprint density at radius 1 is 0.946 bits per heavy atom. The molecule has 8 rings (SSSR count). The Morgan fingerprint density at radius 2 is 1.71 bits per heavy atom. The maximum Gasteiger partial charge on any atom is 0.408 e. The molecule has 0 radical (unpaired) electrons. The van der Waals surface area contributed by atoms with Crippen molar-refractivity contribution in [3.63, 3.8) is 0 Å². The van der Waals surface area contributed by atoms with Crippen molar-refractivity contribution in [3.05, 3.63) is 106 Å². The zero-order chi connectivity index (χ0) is 39.0. The maximum absolute atomic E-state index is 13.3. The highest BCUT2D eigenvalue weighted by molar-refractivity contribution is 5.87. The third-order valence-electron chi connectivity index (χ3n) is 11.9. The van der Waals surface area contributed by atoms with E-state index in [0.29, 0.717) is 54.5 Å². The quantitative estimate of drug-likeness (QED) is 0.0987. The molecule has 4 fully saturated rings. The Labute approximate surface area is 328 Å². The number of amides is 2. The highest BCUT2D eigenvalue weighted by Crippen LogP contribution is 2.33. The number of nitrogens with one attached hydrogen (secondary N) is 3. The average molecular weight is 766 g/mol. The number of phenolic OH excluding ortho intramolecular Hbond substituents is 1. The fraction of sp³-hybridized carbons (Fsp3) is 0.477. The van der Waals surface area contributed by atoms with Gasteiger partial charge in [0.15, 0.2) is 0 Å². The molecule has 12 heteroatoms. The summed E-state index contributed by atoms with van der Waals surface area (Å²) in [5.74, 6) is 1.68. The molecule has 2 amide bonds. The van der Waals surface area contributed by atoms with Crippen LogP contribution in [0.25, 0.3) is 10.9 Å². The first-order valence-corrected chi connectivity index (χ1v) is 20.2. The maximum atomic E-state index is 13.3. The first kappa shape index (κ1) is 39.3. The van der Waals surface area contributed by atoms with Crippen LogP contribution in [0, 0.1) is 17.8 Å². The molecule has 1 aliphatic carbocycles. The van der Waals surface area contributed by atoms with Crippen molar-refractivity contribution in [1.29, 1.82) is 0 Å². The number of aromatic amines is 1. The molecule has 3 aromatic carbocycles. The van der Waals surface area contributed by atoms with Gasteiger partial charge in [-0.25, -0.2) is 4.79 Å². The summed E-state index contributed by atoms with van der Waals surface area (Å²) < 4.78 is 12.3. The smallest absolute Gasteiger partial charge is 0.408 e. The number of nitrogens with zero attached hydrogens (tertiary/aromatic N) is 2. The number of aromatic nitrogens is 1. The number of aliphatic hydroxyl groups is 1. The fourth-order valence-electron chi connectivity index (χ4n) is 8.67. The van der Waals surface area contributed by atoms with E-state index in [1.54, 1.807) is 12.1 Å². The van der Waals surface area contributed by atoms with Gasteiger partial charge in [0.05, 0.1) is 24.3 Å². The van der Waals surface area contributed by atoms with Crippen molar-refractivity contribution >= 4 is 22.9 Å². The van der Waals surface area contributed by atoms with E-state index in [4.69, 9.17) is 9.47 Å². The molecule has 3 aliphatic heterocycles. The molecule has 298 valence electrons. The number of carbonyl (C=O) groups is 2. The number of alkyl carbamates (subject to hydrolysis) is 1. The van der Waals surface area contributed by atoms with Crippen LogP contribution < -0.4 is 20.9 Å². The SMILES string of the molecule is CN(CCCNC[C@H](O)c1ccc(O)c2[nH]c(=O)ccc12)C(=O)[C@H]1CC[C@H](COc2cccc([C@@H](NC(=O)O[C@H]3CN4CCC3CC4)c3ccccc3)c2)CC1. The van der Waals surface area contributed by atoms with E-state index in [9.17, 15) is 24.6 Å². The van der Waals surface area contributed by atoms with Crippen LogP contribution in [-0.4, -0.2) is 96.0 Å². The molecule has 12 nitrogen and oxygen atoms in total. The lowest BCUT2D eigenvalue weighted by Crippen LogP contribution is -2.52. The Balaban J connectivity index is 0.836. The largest absolute Gasteiger partial charge is 0.506 e. The van der Waals surface area contributed by atoms with E-state index >= 15 is 0 Å². The molecule has 56 heavy (non-hydrogen) atoms. The van der Waals surface area contributed by atoms with Gasteiger partial charge in [0.25, 0.3) is 0 Å². The summed E-state index contributed by atoms with van der Waals surface area (Å²) in [6, 6.07) is 23.6. The summed E-state index contributed by atoms with van der Waals surface area (Å²) in [7, 11) is 1.86. The predicted octanol–water partition coefficient (Wildman–Crippen LogP) is 5.50. The molecule has 1 saturated carbocycles. The van der Waals surface area contributed by atoms with E-state index < -0.39 is 12.2 Å². The average Bonchev–Trinajstić information content (AvgIpc) is 3.23. The van der Waals surface area contributed by atoms with Gasteiger partial charge in [0.2, 0.25) is 11.5 Å². The van der Waals surface area contributed by atoms with Crippen LogP contribution in [0.3, 0.4) is 0 Å². The standard InChI is InChI=1S/C44H55N5O7/c1-48(22-6-21-45-26-38(51)35-15-17-37(50)42-36(35)16-18-40(52)46-42)43(53)32-13-11-29(12-14-32)28-55-34-10-5-9-33(25-34)41(31-7-3-2-4-8-31)47-44(54)56-39-27-49-23-19-30(39)20-24-49/h2-5,7-10,15-18,25,29-30,32,38-39,41,45,50-51H,6,11-14,19-24,26-28H2,1H3,(H,46,52)(H,47,54)/t29-,32-,38-,39-,41-/m0/s1. The lowest BCUT2D eigenvalue weighted by molar-refractivity contribution is -0.135. The number of pyridine rings is 1. The summed E-state index contributed by atoms with van der Waals surface area (Å²) in [5.41, 5.74) is 2.50. The zero-order valence-corrected chi connectivity index (χ0v) is 32.2. The second kappa shape index (κ2) is 18.4. The first-order valence-electron chi connectivity index (χ1n) is 20.2. The molecular weight excluding hydrogens is 711 g/mol. The molecule has 5 N–H and O–H groups in total. The van der Waals surface area contributed by atoms with E-state index in [1.807, 2.05) is 66.5 Å². The van der Waals surface area contributed by atoms with Gasteiger partial charge >= 0.3 is 6.09 Å². The van der Waals surface area contributed by atoms with Crippen molar-refractivity contribution in [1.82, 2.24) is 25.4 Å². The first-order chi connectivity index (χ1) is 27.2. The van der Waals surface area contributed by atoms with Crippen molar-refractivity contribution < 1.29 is 29.3 Å². The van der Waals surface area contributed by atoms with Crippen molar-refractivity contribution in [2.45, 2.75) is 63.2 Å². The number of H-pyrrole nitrogens is 1. The van der Waals surface area contributed by atoms with Crippen LogP contribution in [0.4, 0.5) is 4.79 Å². The number of aliphatic hydroxyl groups excluding tert-OH is 1.